The Morgan fingerprint density at radius 2 is 1.88 bits per heavy atom. The van der Waals surface area contributed by atoms with Crippen molar-refractivity contribution in [3.8, 4) is 0 Å². The van der Waals surface area contributed by atoms with Crippen LogP contribution in [0.1, 0.15) is 56.3 Å². The number of rotatable bonds is 5. The average molecular weight is 369 g/mol. The molecule has 2 atom stereocenters. The van der Waals surface area contributed by atoms with E-state index in [1.165, 1.54) is 34.4 Å². The average Bonchev–Trinajstić information content (AvgIpc) is 2.66. The highest BCUT2D eigenvalue weighted by Gasteiger charge is 2.26. The minimum atomic E-state index is 0.185. The summed E-state index contributed by atoms with van der Waals surface area (Å²) in [4.78, 5) is 1.38. The number of thioether (sulfide) groups is 1. The van der Waals surface area contributed by atoms with Crippen molar-refractivity contribution in [2.75, 3.05) is 12.8 Å². The van der Waals surface area contributed by atoms with Crippen LogP contribution in [0.25, 0.3) is 0 Å². The standard InChI is InChI=1S/C23H32N2S/c1-23(2,3)19-12-13-21(26-4)18(15-19)16-25-20-11-8-14-24-22(20)17-9-6-5-7-10-17/h5-7,9-10,12-13,15,20,22,24-25H,8,11,14,16H2,1-4H3/t20-,22-/m1/s1. The summed E-state index contributed by atoms with van der Waals surface area (Å²) in [6.45, 7) is 8.89. The zero-order valence-electron chi connectivity index (χ0n) is 16.5. The molecule has 0 amide bonds. The third-order valence-electron chi connectivity index (χ3n) is 5.32. The van der Waals surface area contributed by atoms with Crippen LogP contribution < -0.4 is 10.6 Å². The van der Waals surface area contributed by atoms with Gasteiger partial charge in [-0.3, -0.25) is 0 Å². The Labute approximate surface area is 163 Å². The molecule has 0 unspecified atom stereocenters. The zero-order valence-corrected chi connectivity index (χ0v) is 17.3. The first kappa shape index (κ1) is 19.5. The molecule has 2 aromatic rings. The van der Waals surface area contributed by atoms with Crippen molar-refractivity contribution in [3.63, 3.8) is 0 Å². The van der Waals surface area contributed by atoms with Gasteiger partial charge in [0.25, 0.3) is 0 Å². The molecule has 1 saturated heterocycles. The molecule has 0 radical (unpaired) electrons. The number of hydrogen-bond donors (Lipinski definition) is 2. The van der Waals surface area contributed by atoms with Gasteiger partial charge in [-0.2, -0.15) is 0 Å². The van der Waals surface area contributed by atoms with Crippen molar-refractivity contribution in [1.29, 1.82) is 0 Å². The molecule has 1 aliphatic heterocycles. The van der Waals surface area contributed by atoms with Gasteiger partial charge < -0.3 is 10.6 Å². The van der Waals surface area contributed by atoms with Crippen molar-refractivity contribution in [3.05, 3.63) is 65.2 Å². The smallest absolute Gasteiger partial charge is 0.0476 e. The van der Waals surface area contributed by atoms with E-state index >= 15 is 0 Å². The van der Waals surface area contributed by atoms with Crippen LogP contribution in [-0.2, 0) is 12.0 Å². The first-order valence-electron chi connectivity index (χ1n) is 9.68. The van der Waals surface area contributed by atoms with Crippen LogP contribution in [0.5, 0.6) is 0 Å². The summed E-state index contributed by atoms with van der Waals surface area (Å²) >= 11 is 1.84. The lowest BCUT2D eigenvalue weighted by Gasteiger charge is -2.34. The molecule has 3 heteroatoms. The lowest BCUT2D eigenvalue weighted by molar-refractivity contribution is 0.304. The van der Waals surface area contributed by atoms with Gasteiger partial charge in [0.15, 0.2) is 0 Å². The highest BCUT2D eigenvalue weighted by Crippen LogP contribution is 2.29. The SMILES string of the molecule is CSc1ccc(C(C)(C)C)cc1CN[C@@H]1CCCN[C@@H]1c1ccccc1. The Morgan fingerprint density at radius 1 is 1.12 bits per heavy atom. The van der Waals surface area contributed by atoms with E-state index in [4.69, 9.17) is 0 Å². The van der Waals surface area contributed by atoms with E-state index in [1.54, 1.807) is 0 Å². The summed E-state index contributed by atoms with van der Waals surface area (Å²) in [5.41, 5.74) is 4.40. The van der Waals surface area contributed by atoms with Crippen LogP contribution in [0.3, 0.4) is 0 Å². The van der Waals surface area contributed by atoms with E-state index < -0.39 is 0 Å². The van der Waals surface area contributed by atoms with Crippen molar-refractivity contribution in [2.45, 2.75) is 62.6 Å². The fourth-order valence-electron chi connectivity index (χ4n) is 3.74. The van der Waals surface area contributed by atoms with Crippen LogP contribution in [0.4, 0.5) is 0 Å². The fraction of sp³-hybridized carbons (Fsp3) is 0.478. The lowest BCUT2D eigenvalue weighted by Crippen LogP contribution is -2.45. The van der Waals surface area contributed by atoms with E-state index in [2.05, 4.69) is 86.2 Å². The van der Waals surface area contributed by atoms with E-state index in [0.717, 1.165) is 13.1 Å². The molecule has 26 heavy (non-hydrogen) atoms. The quantitative estimate of drug-likeness (QED) is 0.701. The minimum Gasteiger partial charge on any atom is -0.309 e. The molecule has 0 spiro atoms. The van der Waals surface area contributed by atoms with E-state index in [-0.39, 0.29) is 5.41 Å². The summed E-state index contributed by atoms with van der Waals surface area (Å²) in [6, 6.07) is 18.7. The topological polar surface area (TPSA) is 24.1 Å². The molecule has 1 fully saturated rings. The maximum absolute atomic E-state index is 3.86. The van der Waals surface area contributed by atoms with E-state index in [9.17, 15) is 0 Å². The van der Waals surface area contributed by atoms with E-state index in [0.29, 0.717) is 12.1 Å². The summed E-state index contributed by atoms with van der Waals surface area (Å²) in [5, 5.41) is 7.58. The molecule has 1 aliphatic rings. The van der Waals surface area contributed by atoms with Crippen LogP contribution in [0.2, 0.25) is 0 Å². The highest BCUT2D eigenvalue weighted by molar-refractivity contribution is 7.98. The van der Waals surface area contributed by atoms with Crippen molar-refractivity contribution >= 4 is 11.8 Å². The Morgan fingerprint density at radius 3 is 2.58 bits per heavy atom. The predicted molar refractivity (Wildman–Crippen MR) is 114 cm³/mol. The molecule has 1 heterocycles. The second kappa shape index (κ2) is 8.60. The van der Waals surface area contributed by atoms with Crippen LogP contribution in [0, 0.1) is 0 Å². The Hall–Kier alpha value is -1.29. The normalized spacial score (nSPS) is 20.9. The predicted octanol–water partition coefficient (Wildman–Crippen LogP) is 5.29. The Kier molecular flexibility index (Phi) is 6.44. The molecule has 2 N–H and O–H groups in total. The molecule has 2 aromatic carbocycles. The van der Waals surface area contributed by atoms with Gasteiger partial charge in [0.2, 0.25) is 0 Å². The molecule has 140 valence electrons. The van der Waals surface area contributed by atoms with Gasteiger partial charge in [0.05, 0.1) is 0 Å². The monoisotopic (exact) mass is 368 g/mol. The third-order valence-corrected chi connectivity index (χ3v) is 6.16. The molecule has 0 aromatic heterocycles. The van der Waals surface area contributed by atoms with Gasteiger partial charge in [-0.1, -0.05) is 63.2 Å². The number of hydrogen-bond acceptors (Lipinski definition) is 3. The van der Waals surface area contributed by atoms with Gasteiger partial charge in [-0.15, -0.1) is 11.8 Å². The van der Waals surface area contributed by atoms with Crippen LogP contribution in [0.15, 0.2) is 53.4 Å². The summed E-state index contributed by atoms with van der Waals surface area (Å²) in [5.74, 6) is 0. The first-order chi connectivity index (χ1) is 12.5. The number of nitrogens with one attached hydrogen (secondary N) is 2. The largest absolute Gasteiger partial charge is 0.309 e. The Bertz CT molecular complexity index is 706. The molecular weight excluding hydrogens is 336 g/mol. The molecule has 2 nitrogen and oxygen atoms in total. The van der Waals surface area contributed by atoms with Gasteiger partial charge in [-0.25, -0.2) is 0 Å². The molecular formula is C23H32N2S. The van der Waals surface area contributed by atoms with Gasteiger partial charge in [-0.05, 0) is 53.8 Å². The Balaban J connectivity index is 1.76. The van der Waals surface area contributed by atoms with Crippen molar-refractivity contribution in [1.82, 2.24) is 10.6 Å². The van der Waals surface area contributed by atoms with Crippen LogP contribution in [-0.4, -0.2) is 18.8 Å². The molecule has 0 bridgehead atoms. The second-order valence-corrected chi connectivity index (χ2v) is 9.10. The van der Waals surface area contributed by atoms with E-state index in [1.807, 2.05) is 11.8 Å². The molecule has 0 saturated carbocycles. The van der Waals surface area contributed by atoms with Crippen LogP contribution >= 0.6 is 11.8 Å². The van der Waals surface area contributed by atoms with Crippen molar-refractivity contribution < 1.29 is 0 Å². The van der Waals surface area contributed by atoms with Gasteiger partial charge >= 0.3 is 0 Å². The van der Waals surface area contributed by atoms with Gasteiger partial charge in [0.1, 0.15) is 0 Å². The molecule has 3 rings (SSSR count). The summed E-state index contributed by atoms with van der Waals surface area (Å²) in [6.07, 6.45) is 4.63. The maximum Gasteiger partial charge on any atom is 0.0476 e. The maximum atomic E-state index is 3.86. The fourth-order valence-corrected chi connectivity index (χ4v) is 4.34. The third kappa shape index (κ3) is 4.70. The lowest BCUT2D eigenvalue weighted by atomic mass is 9.86. The highest BCUT2D eigenvalue weighted by atomic mass is 32.2. The van der Waals surface area contributed by atoms with Gasteiger partial charge in [0, 0.05) is 23.5 Å². The van der Waals surface area contributed by atoms with Crippen molar-refractivity contribution in [2.24, 2.45) is 0 Å². The summed E-state index contributed by atoms with van der Waals surface area (Å²) in [7, 11) is 0. The minimum absolute atomic E-state index is 0.185. The first-order valence-corrected chi connectivity index (χ1v) is 10.9. The molecule has 0 aliphatic carbocycles. The zero-order chi connectivity index (χ0) is 18.6. The number of piperidine rings is 1. The second-order valence-electron chi connectivity index (χ2n) is 8.25. The number of benzene rings is 2. The summed E-state index contributed by atoms with van der Waals surface area (Å²) < 4.78 is 0.